The maximum Gasteiger partial charge on any atom is 0.251 e. The summed E-state index contributed by atoms with van der Waals surface area (Å²) in [5.74, 6) is 0.226. The van der Waals surface area contributed by atoms with Gasteiger partial charge in [0.2, 0.25) is 0 Å². The van der Waals surface area contributed by atoms with Gasteiger partial charge in [0, 0.05) is 29.6 Å². The predicted molar refractivity (Wildman–Crippen MR) is 76.3 cm³/mol. The van der Waals surface area contributed by atoms with Crippen LogP contribution in [0.15, 0.2) is 17.5 Å². The normalized spacial score (nSPS) is 10.4. The number of nitrogens with two attached hydrogens (primary N) is 1. The van der Waals surface area contributed by atoms with Gasteiger partial charge in [-0.15, -0.1) is 11.3 Å². The molecule has 6 heteroatoms. The van der Waals surface area contributed by atoms with Gasteiger partial charge >= 0.3 is 0 Å². The third-order valence-corrected chi connectivity index (χ3v) is 3.39. The number of nitrogen functional groups attached to an aromatic ring is 1. The van der Waals surface area contributed by atoms with E-state index >= 15 is 0 Å². The average Bonchev–Trinajstić information content (AvgIpc) is 2.73. The van der Waals surface area contributed by atoms with Crippen molar-refractivity contribution in [3.05, 3.63) is 39.5 Å². The Labute approximate surface area is 115 Å². The van der Waals surface area contributed by atoms with Crippen LogP contribution in [0.4, 0.5) is 5.82 Å². The molecule has 0 radical (unpaired) electrons. The summed E-state index contributed by atoms with van der Waals surface area (Å²) in [5, 5.41) is 5.90. The average molecular weight is 276 g/mol. The van der Waals surface area contributed by atoms with Gasteiger partial charge in [0.25, 0.3) is 5.91 Å². The first-order valence-electron chi connectivity index (χ1n) is 5.98. The number of anilines is 1. The topological polar surface area (TPSA) is 80.9 Å². The highest BCUT2D eigenvalue weighted by atomic mass is 32.1. The molecule has 1 amide bonds. The first-order chi connectivity index (χ1) is 9.04. The molecule has 0 aromatic carbocycles. The molecule has 0 bridgehead atoms. The smallest absolute Gasteiger partial charge is 0.251 e. The quantitative estimate of drug-likeness (QED) is 0.890. The Morgan fingerprint density at radius 3 is 2.79 bits per heavy atom. The Morgan fingerprint density at radius 1 is 1.37 bits per heavy atom. The van der Waals surface area contributed by atoms with Crippen molar-refractivity contribution < 1.29 is 4.79 Å². The number of rotatable bonds is 4. The second-order valence-corrected chi connectivity index (χ2v) is 5.35. The van der Waals surface area contributed by atoms with Crippen LogP contribution in [-0.4, -0.2) is 22.4 Å². The summed E-state index contributed by atoms with van der Waals surface area (Å²) in [6.45, 7) is 4.34. The molecular weight excluding hydrogens is 260 g/mol. The minimum Gasteiger partial charge on any atom is -0.384 e. The van der Waals surface area contributed by atoms with Crippen molar-refractivity contribution >= 4 is 23.1 Å². The zero-order valence-electron chi connectivity index (χ0n) is 10.9. The van der Waals surface area contributed by atoms with E-state index in [1.807, 2.05) is 19.2 Å². The van der Waals surface area contributed by atoms with Crippen LogP contribution in [0, 0.1) is 13.8 Å². The van der Waals surface area contributed by atoms with E-state index < -0.39 is 0 Å². The zero-order chi connectivity index (χ0) is 13.8. The number of amides is 1. The summed E-state index contributed by atoms with van der Waals surface area (Å²) in [5.41, 5.74) is 7.91. The zero-order valence-corrected chi connectivity index (χ0v) is 11.8. The van der Waals surface area contributed by atoms with Gasteiger partial charge in [0.15, 0.2) is 0 Å². The molecule has 0 aliphatic rings. The molecule has 0 spiro atoms. The number of hydrogen-bond donors (Lipinski definition) is 2. The van der Waals surface area contributed by atoms with Gasteiger partial charge in [-0.25, -0.2) is 9.97 Å². The number of nitrogens with one attached hydrogen (secondary N) is 1. The molecule has 0 saturated carbocycles. The Bertz CT molecular complexity index is 574. The van der Waals surface area contributed by atoms with Crippen molar-refractivity contribution in [2.24, 2.45) is 0 Å². The van der Waals surface area contributed by atoms with Crippen molar-refractivity contribution in [1.82, 2.24) is 15.3 Å². The van der Waals surface area contributed by atoms with Gasteiger partial charge in [0.1, 0.15) is 5.82 Å². The van der Waals surface area contributed by atoms with E-state index in [1.165, 1.54) is 0 Å². The third-order valence-electron chi connectivity index (χ3n) is 2.57. The number of aryl methyl sites for hydroxylation is 2. The lowest BCUT2D eigenvalue weighted by Crippen LogP contribution is -2.26. The van der Waals surface area contributed by atoms with Gasteiger partial charge in [-0.2, -0.15) is 0 Å². The summed E-state index contributed by atoms with van der Waals surface area (Å²) < 4.78 is 0. The van der Waals surface area contributed by atoms with Crippen LogP contribution in [0.2, 0.25) is 0 Å². The summed E-state index contributed by atoms with van der Waals surface area (Å²) in [6.07, 6.45) is 0.732. The second kappa shape index (κ2) is 5.79. The van der Waals surface area contributed by atoms with Crippen molar-refractivity contribution in [3.63, 3.8) is 0 Å². The Hall–Kier alpha value is -1.95. The minimum absolute atomic E-state index is 0.135. The fourth-order valence-electron chi connectivity index (χ4n) is 1.75. The number of aromatic nitrogens is 2. The molecular formula is C13H16N4OS. The Kier molecular flexibility index (Phi) is 4.11. The number of carbonyl (C=O) groups excluding carboxylic acids is 1. The maximum atomic E-state index is 11.9. The third kappa shape index (κ3) is 3.75. The molecule has 2 heterocycles. The molecule has 100 valence electrons. The molecule has 2 aromatic rings. The van der Waals surface area contributed by atoms with Gasteiger partial charge in [0.05, 0.1) is 10.7 Å². The van der Waals surface area contributed by atoms with E-state index in [9.17, 15) is 4.79 Å². The minimum atomic E-state index is -0.135. The molecule has 5 nitrogen and oxygen atoms in total. The highest BCUT2D eigenvalue weighted by Crippen LogP contribution is 2.09. The largest absolute Gasteiger partial charge is 0.384 e. The molecule has 0 fully saturated rings. The Balaban J connectivity index is 1.90. The van der Waals surface area contributed by atoms with Crippen molar-refractivity contribution in [2.45, 2.75) is 20.3 Å². The molecule has 0 aliphatic carbocycles. The van der Waals surface area contributed by atoms with Crippen molar-refractivity contribution in [3.8, 4) is 0 Å². The number of nitrogens with zero attached hydrogens (tertiary/aromatic N) is 2. The molecule has 2 aromatic heterocycles. The second-order valence-electron chi connectivity index (χ2n) is 4.29. The highest BCUT2D eigenvalue weighted by molar-refractivity contribution is 7.09. The number of pyridine rings is 1. The van der Waals surface area contributed by atoms with Crippen LogP contribution in [-0.2, 0) is 6.42 Å². The summed E-state index contributed by atoms with van der Waals surface area (Å²) in [7, 11) is 0. The monoisotopic (exact) mass is 276 g/mol. The van der Waals surface area contributed by atoms with Crippen molar-refractivity contribution in [2.75, 3.05) is 12.3 Å². The first-order valence-corrected chi connectivity index (χ1v) is 6.86. The molecule has 0 saturated heterocycles. The van der Waals surface area contributed by atoms with Crippen LogP contribution in [0.1, 0.15) is 26.8 Å². The lowest BCUT2D eigenvalue weighted by atomic mass is 10.2. The fraction of sp³-hybridized carbons (Fsp3) is 0.308. The lowest BCUT2D eigenvalue weighted by Gasteiger charge is -2.05. The standard InChI is InChI=1S/C13H16N4OS/c1-8-5-10(6-12(14)16-8)13(18)15-4-3-11-7-19-9(2)17-11/h5-7H,3-4H2,1-2H3,(H2,14,16)(H,15,18). The lowest BCUT2D eigenvalue weighted by molar-refractivity contribution is 0.0954. The van der Waals surface area contributed by atoms with Crippen LogP contribution < -0.4 is 11.1 Å². The SMILES string of the molecule is Cc1cc(C(=O)NCCc2csc(C)n2)cc(N)n1. The summed E-state index contributed by atoms with van der Waals surface area (Å²) in [6, 6.07) is 3.30. The predicted octanol–water partition coefficient (Wildman–Crippen LogP) is 1.71. The summed E-state index contributed by atoms with van der Waals surface area (Å²) >= 11 is 1.61. The number of hydrogen-bond acceptors (Lipinski definition) is 5. The number of thiazole rings is 1. The van der Waals surface area contributed by atoms with Gasteiger partial charge in [-0.3, -0.25) is 4.79 Å². The molecule has 3 N–H and O–H groups in total. The van der Waals surface area contributed by atoms with E-state index in [1.54, 1.807) is 23.5 Å². The van der Waals surface area contributed by atoms with Crippen LogP contribution in [0.25, 0.3) is 0 Å². The van der Waals surface area contributed by atoms with Crippen LogP contribution in [0.3, 0.4) is 0 Å². The highest BCUT2D eigenvalue weighted by Gasteiger charge is 2.07. The fourth-order valence-corrected chi connectivity index (χ4v) is 2.40. The van der Waals surface area contributed by atoms with Gasteiger partial charge < -0.3 is 11.1 Å². The van der Waals surface area contributed by atoms with Gasteiger partial charge in [-0.05, 0) is 26.0 Å². The maximum absolute atomic E-state index is 11.9. The van der Waals surface area contributed by atoms with E-state index in [0.29, 0.717) is 17.9 Å². The van der Waals surface area contributed by atoms with E-state index in [-0.39, 0.29) is 5.91 Å². The molecule has 0 aliphatic heterocycles. The molecule has 19 heavy (non-hydrogen) atoms. The molecule has 0 unspecified atom stereocenters. The summed E-state index contributed by atoms with van der Waals surface area (Å²) in [4.78, 5) is 20.3. The molecule has 2 rings (SSSR count). The van der Waals surface area contributed by atoms with E-state index in [4.69, 9.17) is 5.73 Å². The van der Waals surface area contributed by atoms with E-state index in [2.05, 4.69) is 15.3 Å². The Morgan fingerprint density at radius 2 is 2.16 bits per heavy atom. The van der Waals surface area contributed by atoms with Crippen molar-refractivity contribution in [1.29, 1.82) is 0 Å². The number of carbonyl (C=O) groups is 1. The first kappa shape index (κ1) is 13.5. The van der Waals surface area contributed by atoms with Crippen LogP contribution >= 0.6 is 11.3 Å². The molecule has 0 atom stereocenters. The van der Waals surface area contributed by atoms with Gasteiger partial charge in [-0.1, -0.05) is 0 Å². The van der Waals surface area contributed by atoms with E-state index in [0.717, 1.165) is 22.8 Å². The van der Waals surface area contributed by atoms with Crippen LogP contribution in [0.5, 0.6) is 0 Å².